The number of aliphatic carboxylic acids is 1. The first-order valence-corrected chi connectivity index (χ1v) is 5.29. The maximum atomic E-state index is 13.2. The highest BCUT2D eigenvalue weighted by atomic mass is 19.1. The summed E-state index contributed by atoms with van der Waals surface area (Å²) in [6, 6.07) is 3.27. The van der Waals surface area contributed by atoms with Crippen molar-refractivity contribution in [3.8, 4) is 5.75 Å². The third kappa shape index (κ3) is 4.36. The first kappa shape index (κ1) is 13.9. The van der Waals surface area contributed by atoms with Gasteiger partial charge in [-0.1, -0.05) is 0 Å². The number of rotatable bonds is 7. The molecule has 0 radical (unpaired) electrons. The second-order valence-electron chi connectivity index (χ2n) is 3.57. The van der Waals surface area contributed by atoms with Gasteiger partial charge in [-0.3, -0.25) is 14.9 Å². The van der Waals surface area contributed by atoms with E-state index in [0.29, 0.717) is 12.8 Å². The Labute approximate surface area is 102 Å². The Bertz CT molecular complexity index is 449. The van der Waals surface area contributed by atoms with Crippen LogP contribution in [0.2, 0.25) is 0 Å². The fourth-order valence-electron chi connectivity index (χ4n) is 1.29. The van der Waals surface area contributed by atoms with E-state index in [0.717, 1.165) is 12.1 Å². The lowest BCUT2D eigenvalue weighted by Crippen LogP contribution is -2.01. The number of nitro groups is 1. The lowest BCUT2D eigenvalue weighted by Gasteiger charge is -2.05. The van der Waals surface area contributed by atoms with E-state index in [2.05, 4.69) is 0 Å². The van der Waals surface area contributed by atoms with E-state index < -0.39 is 22.4 Å². The number of hydrogen-bond acceptors (Lipinski definition) is 4. The van der Waals surface area contributed by atoms with Crippen LogP contribution in [0.25, 0.3) is 0 Å². The molecule has 0 atom stereocenters. The van der Waals surface area contributed by atoms with Gasteiger partial charge in [0, 0.05) is 18.6 Å². The molecule has 1 N–H and O–H groups in total. The lowest BCUT2D eigenvalue weighted by atomic mass is 10.2. The van der Waals surface area contributed by atoms with Gasteiger partial charge < -0.3 is 9.84 Å². The minimum Gasteiger partial charge on any atom is -0.493 e. The van der Waals surface area contributed by atoms with Crippen molar-refractivity contribution in [2.24, 2.45) is 0 Å². The van der Waals surface area contributed by atoms with E-state index in [1.807, 2.05) is 0 Å². The van der Waals surface area contributed by atoms with Gasteiger partial charge in [0.1, 0.15) is 5.75 Å². The van der Waals surface area contributed by atoms with Crippen LogP contribution in [0.1, 0.15) is 19.3 Å². The molecule has 0 heterocycles. The second kappa shape index (κ2) is 6.53. The van der Waals surface area contributed by atoms with Crippen molar-refractivity contribution in [1.82, 2.24) is 0 Å². The van der Waals surface area contributed by atoms with Gasteiger partial charge in [0.2, 0.25) is 5.82 Å². The third-order valence-electron chi connectivity index (χ3n) is 2.17. The summed E-state index contributed by atoms with van der Waals surface area (Å²) in [5.74, 6) is -1.65. The maximum Gasteiger partial charge on any atom is 0.305 e. The largest absolute Gasteiger partial charge is 0.493 e. The summed E-state index contributed by atoms with van der Waals surface area (Å²) in [6.45, 7) is 0.241. The van der Waals surface area contributed by atoms with Crippen molar-refractivity contribution in [3.05, 3.63) is 34.1 Å². The molecule has 0 saturated carbocycles. The van der Waals surface area contributed by atoms with Crippen LogP contribution in [-0.2, 0) is 4.79 Å². The smallest absolute Gasteiger partial charge is 0.305 e. The Morgan fingerprint density at radius 1 is 1.44 bits per heavy atom. The number of nitrogens with zero attached hydrogens (tertiary/aromatic N) is 1. The molecule has 1 aromatic rings. The topological polar surface area (TPSA) is 89.7 Å². The quantitative estimate of drug-likeness (QED) is 0.460. The zero-order valence-electron chi connectivity index (χ0n) is 9.47. The molecule has 1 rings (SSSR count). The first-order valence-electron chi connectivity index (χ1n) is 5.29. The van der Waals surface area contributed by atoms with E-state index in [-0.39, 0.29) is 18.8 Å². The molecule has 0 amide bonds. The molecule has 0 bridgehead atoms. The van der Waals surface area contributed by atoms with Crippen molar-refractivity contribution >= 4 is 11.7 Å². The molecule has 1 aromatic carbocycles. The number of carboxylic acids is 1. The monoisotopic (exact) mass is 257 g/mol. The normalized spacial score (nSPS) is 10.1. The molecule has 0 aliphatic heterocycles. The summed E-state index contributed by atoms with van der Waals surface area (Å²) >= 11 is 0. The summed E-state index contributed by atoms with van der Waals surface area (Å²) in [7, 11) is 0. The predicted octanol–water partition coefficient (Wildman–Crippen LogP) is 2.37. The van der Waals surface area contributed by atoms with Crippen LogP contribution < -0.4 is 4.74 Å². The Balaban J connectivity index is 2.42. The fraction of sp³-hybridized carbons (Fsp3) is 0.364. The van der Waals surface area contributed by atoms with Crippen molar-refractivity contribution < 1.29 is 24.0 Å². The minimum atomic E-state index is -0.956. The predicted molar refractivity (Wildman–Crippen MR) is 60.0 cm³/mol. The van der Waals surface area contributed by atoms with Crippen molar-refractivity contribution in [1.29, 1.82) is 0 Å². The number of nitro benzene ring substituents is 1. The summed E-state index contributed by atoms with van der Waals surface area (Å²) in [4.78, 5) is 19.8. The molecule has 0 aromatic heterocycles. The average Bonchev–Trinajstić information content (AvgIpc) is 2.27. The van der Waals surface area contributed by atoms with E-state index in [9.17, 15) is 19.3 Å². The zero-order chi connectivity index (χ0) is 13.5. The molecule has 7 heteroatoms. The summed E-state index contributed by atoms with van der Waals surface area (Å²) < 4.78 is 18.3. The van der Waals surface area contributed by atoms with Crippen molar-refractivity contribution in [2.75, 3.05) is 6.61 Å². The van der Waals surface area contributed by atoms with Crippen LogP contribution in [0.3, 0.4) is 0 Å². The average molecular weight is 257 g/mol. The van der Waals surface area contributed by atoms with Gasteiger partial charge in [-0.05, 0) is 18.9 Å². The molecule has 0 aliphatic rings. The minimum absolute atomic E-state index is 0.0536. The Hall–Kier alpha value is -2.18. The molecule has 18 heavy (non-hydrogen) atoms. The number of hydrogen-bond donors (Lipinski definition) is 1. The van der Waals surface area contributed by atoms with Crippen molar-refractivity contribution in [2.45, 2.75) is 19.3 Å². The SMILES string of the molecule is O=C(O)CCCCOc1ccc([N+](=O)[O-])c(F)c1. The highest BCUT2D eigenvalue weighted by Crippen LogP contribution is 2.22. The van der Waals surface area contributed by atoms with E-state index >= 15 is 0 Å². The van der Waals surface area contributed by atoms with E-state index in [1.165, 1.54) is 6.07 Å². The molecule has 6 nitrogen and oxygen atoms in total. The molecule has 0 aliphatic carbocycles. The van der Waals surface area contributed by atoms with Crippen LogP contribution in [0.5, 0.6) is 5.75 Å². The van der Waals surface area contributed by atoms with Gasteiger partial charge in [0.05, 0.1) is 11.5 Å². The van der Waals surface area contributed by atoms with Gasteiger partial charge in [0.15, 0.2) is 0 Å². The number of unbranched alkanes of at least 4 members (excludes halogenated alkanes) is 1. The molecule has 0 unspecified atom stereocenters. The fourth-order valence-corrected chi connectivity index (χ4v) is 1.29. The number of ether oxygens (including phenoxy) is 1. The number of carboxylic acid groups (broad SMARTS) is 1. The molecule has 98 valence electrons. The second-order valence-corrected chi connectivity index (χ2v) is 3.57. The Morgan fingerprint density at radius 2 is 2.17 bits per heavy atom. The van der Waals surface area contributed by atoms with E-state index in [4.69, 9.17) is 9.84 Å². The van der Waals surface area contributed by atoms with E-state index in [1.54, 1.807) is 0 Å². The van der Waals surface area contributed by atoms with Gasteiger partial charge >= 0.3 is 11.7 Å². The summed E-state index contributed by atoms with van der Waals surface area (Å²) in [5.41, 5.74) is -0.603. The van der Waals surface area contributed by atoms with Crippen molar-refractivity contribution in [3.63, 3.8) is 0 Å². The zero-order valence-corrected chi connectivity index (χ0v) is 9.47. The van der Waals surface area contributed by atoms with Gasteiger partial charge in [-0.25, -0.2) is 0 Å². The molecule has 0 spiro atoms. The number of carbonyl (C=O) groups is 1. The number of halogens is 1. The summed E-state index contributed by atoms with van der Waals surface area (Å²) in [5, 5.41) is 18.8. The Kier molecular flexibility index (Phi) is 5.04. The van der Waals surface area contributed by atoms with Crippen LogP contribution in [-0.4, -0.2) is 22.6 Å². The Morgan fingerprint density at radius 3 is 2.72 bits per heavy atom. The molecule has 0 fully saturated rings. The highest BCUT2D eigenvalue weighted by molar-refractivity contribution is 5.66. The van der Waals surface area contributed by atoms with Crippen LogP contribution in [0.15, 0.2) is 18.2 Å². The molecular weight excluding hydrogens is 245 g/mol. The van der Waals surface area contributed by atoms with Crippen LogP contribution in [0, 0.1) is 15.9 Å². The lowest BCUT2D eigenvalue weighted by molar-refractivity contribution is -0.387. The summed E-state index contributed by atoms with van der Waals surface area (Å²) in [6.07, 6.45) is 1.04. The van der Waals surface area contributed by atoms with Gasteiger partial charge in [0.25, 0.3) is 0 Å². The standard InChI is InChI=1S/C11H12FNO5/c12-9-7-8(4-5-10(9)13(16)17)18-6-2-1-3-11(14)15/h4-5,7H,1-3,6H2,(H,14,15). The van der Waals surface area contributed by atoms with Gasteiger partial charge in [-0.15, -0.1) is 0 Å². The number of benzene rings is 1. The molecular formula is C11H12FNO5. The first-order chi connectivity index (χ1) is 8.50. The van der Waals surface area contributed by atoms with Crippen LogP contribution in [0.4, 0.5) is 10.1 Å². The van der Waals surface area contributed by atoms with Crippen LogP contribution >= 0.6 is 0 Å². The highest BCUT2D eigenvalue weighted by Gasteiger charge is 2.14. The third-order valence-corrected chi connectivity index (χ3v) is 2.17. The molecule has 0 saturated heterocycles. The maximum absolute atomic E-state index is 13.2. The van der Waals surface area contributed by atoms with Gasteiger partial charge in [-0.2, -0.15) is 4.39 Å².